The number of benzene rings is 1. The Hall–Kier alpha value is -2.54. The van der Waals surface area contributed by atoms with E-state index >= 15 is 0 Å². The van der Waals surface area contributed by atoms with Crippen LogP contribution in [-0.2, 0) is 6.42 Å². The molecule has 0 aliphatic heterocycles. The van der Waals surface area contributed by atoms with Crippen LogP contribution < -0.4 is 5.32 Å². The van der Waals surface area contributed by atoms with Gasteiger partial charge in [0.15, 0.2) is 11.4 Å². The maximum atomic E-state index is 12.7. The molecule has 4 rings (SSSR count). The van der Waals surface area contributed by atoms with Crippen LogP contribution in [0, 0.1) is 5.41 Å². The predicted molar refractivity (Wildman–Crippen MR) is 102 cm³/mol. The Bertz CT molecular complexity index is 1050. The van der Waals surface area contributed by atoms with Gasteiger partial charge < -0.3 is 5.32 Å². The fraction of sp³-hybridized carbons (Fsp3) is 0.263. The Morgan fingerprint density at radius 2 is 2.08 bits per heavy atom. The van der Waals surface area contributed by atoms with E-state index in [2.05, 4.69) is 45.2 Å². The van der Waals surface area contributed by atoms with Crippen LogP contribution in [0.1, 0.15) is 46.7 Å². The Kier molecular flexibility index (Phi) is 3.91. The van der Waals surface area contributed by atoms with Crippen molar-refractivity contribution in [2.45, 2.75) is 26.7 Å². The molecule has 6 nitrogen and oxygen atoms in total. The van der Waals surface area contributed by atoms with Crippen LogP contribution in [0.5, 0.6) is 0 Å². The maximum Gasteiger partial charge on any atom is 0.261 e. The number of nitrogens with one attached hydrogen (secondary N) is 1. The van der Waals surface area contributed by atoms with Crippen molar-refractivity contribution in [3.8, 4) is 0 Å². The van der Waals surface area contributed by atoms with Gasteiger partial charge in [-0.2, -0.15) is 5.10 Å². The van der Waals surface area contributed by atoms with Gasteiger partial charge in [-0.05, 0) is 30.0 Å². The van der Waals surface area contributed by atoms with Gasteiger partial charge in [-0.25, -0.2) is 9.50 Å². The lowest BCUT2D eigenvalue weighted by molar-refractivity contribution is 0.0908. The number of rotatable bonds is 2. The van der Waals surface area contributed by atoms with E-state index in [4.69, 9.17) is 0 Å². The quantitative estimate of drug-likeness (QED) is 0.692. The summed E-state index contributed by atoms with van der Waals surface area (Å²) in [6.07, 6.45) is 4.27. The average Bonchev–Trinajstić information content (AvgIpc) is 2.98. The molecule has 0 radical (unpaired) electrons. The van der Waals surface area contributed by atoms with Crippen LogP contribution in [0.3, 0.4) is 0 Å². The topological polar surface area (TPSA) is 76.4 Å². The fourth-order valence-corrected chi connectivity index (χ4v) is 3.75. The maximum absolute atomic E-state index is 12.7. The van der Waals surface area contributed by atoms with Crippen molar-refractivity contribution in [2.75, 3.05) is 5.32 Å². The average molecular weight is 413 g/mol. The molecule has 132 valence electrons. The first-order valence-electron chi connectivity index (χ1n) is 8.30. The monoisotopic (exact) mass is 412 g/mol. The number of nitrogens with zero attached hydrogens (tertiary/aromatic N) is 3. The zero-order chi connectivity index (χ0) is 18.5. The summed E-state index contributed by atoms with van der Waals surface area (Å²) >= 11 is 3.39. The molecule has 26 heavy (non-hydrogen) atoms. The summed E-state index contributed by atoms with van der Waals surface area (Å²) in [5.41, 5.74) is 2.79. The molecule has 0 unspecified atom stereocenters. The van der Waals surface area contributed by atoms with Gasteiger partial charge in [-0.1, -0.05) is 35.8 Å². The van der Waals surface area contributed by atoms with E-state index in [1.54, 1.807) is 10.7 Å². The third kappa shape index (κ3) is 2.92. The summed E-state index contributed by atoms with van der Waals surface area (Å²) < 4.78 is 2.51. The highest BCUT2D eigenvalue weighted by Gasteiger charge is 2.33. The molecule has 2 heterocycles. The largest absolute Gasteiger partial charge is 0.322 e. The van der Waals surface area contributed by atoms with Gasteiger partial charge in [0.1, 0.15) is 5.56 Å². The van der Waals surface area contributed by atoms with Gasteiger partial charge in [0.05, 0.1) is 17.5 Å². The van der Waals surface area contributed by atoms with Crippen LogP contribution in [0.25, 0.3) is 5.65 Å². The van der Waals surface area contributed by atoms with Crippen molar-refractivity contribution in [2.24, 2.45) is 5.41 Å². The van der Waals surface area contributed by atoms with Crippen LogP contribution in [-0.4, -0.2) is 26.3 Å². The number of anilines is 1. The first-order valence-corrected chi connectivity index (χ1v) is 9.09. The molecule has 0 fully saturated rings. The summed E-state index contributed by atoms with van der Waals surface area (Å²) in [5.74, 6) is -0.215. The number of halogens is 1. The lowest BCUT2D eigenvalue weighted by Crippen LogP contribution is -2.29. The van der Waals surface area contributed by atoms with Gasteiger partial charge in [0.25, 0.3) is 5.91 Å². The molecule has 0 atom stereocenters. The molecule has 1 aromatic carbocycles. The molecular formula is C19H17BrN4O2. The number of carbonyl (C=O) groups is 2. The molecular weight excluding hydrogens is 396 g/mol. The molecule has 2 aromatic heterocycles. The van der Waals surface area contributed by atoms with Crippen molar-refractivity contribution < 1.29 is 9.59 Å². The molecule has 0 spiro atoms. The molecule has 1 N–H and O–H groups in total. The van der Waals surface area contributed by atoms with Crippen LogP contribution in [0.15, 0.2) is 41.1 Å². The number of Topliss-reactive ketones (excluding diaryl/α,β-unsaturated/α-hetero) is 1. The first kappa shape index (κ1) is 16.9. The number of aromatic nitrogens is 3. The molecule has 3 aromatic rings. The minimum absolute atomic E-state index is 0.0706. The molecule has 1 amide bonds. The van der Waals surface area contributed by atoms with E-state index in [0.717, 1.165) is 10.2 Å². The van der Waals surface area contributed by atoms with Crippen LogP contribution in [0.2, 0.25) is 0 Å². The van der Waals surface area contributed by atoms with E-state index in [9.17, 15) is 9.59 Å². The van der Waals surface area contributed by atoms with Crippen molar-refractivity contribution in [1.82, 2.24) is 14.6 Å². The Morgan fingerprint density at radius 1 is 1.27 bits per heavy atom. The van der Waals surface area contributed by atoms with Gasteiger partial charge in [-0.3, -0.25) is 9.59 Å². The van der Waals surface area contributed by atoms with E-state index in [-0.39, 0.29) is 17.1 Å². The van der Waals surface area contributed by atoms with Gasteiger partial charge in [-0.15, -0.1) is 0 Å². The van der Waals surface area contributed by atoms with E-state index in [0.29, 0.717) is 35.3 Å². The SMILES string of the molecule is CC1(C)CC(=O)c2cnc3c(C(=O)Nc4cccc(Br)c4)cnn3c2C1. The number of hydrogen-bond donors (Lipinski definition) is 1. The van der Waals surface area contributed by atoms with Gasteiger partial charge in [0, 0.05) is 22.8 Å². The summed E-state index contributed by atoms with van der Waals surface area (Å²) in [6.45, 7) is 4.12. The summed E-state index contributed by atoms with van der Waals surface area (Å²) in [7, 11) is 0. The van der Waals surface area contributed by atoms with Crippen molar-refractivity contribution in [3.63, 3.8) is 0 Å². The van der Waals surface area contributed by atoms with Crippen molar-refractivity contribution in [1.29, 1.82) is 0 Å². The number of fused-ring (bicyclic) bond motifs is 3. The van der Waals surface area contributed by atoms with E-state index < -0.39 is 0 Å². The summed E-state index contributed by atoms with van der Waals surface area (Å²) in [4.78, 5) is 29.4. The smallest absolute Gasteiger partial charge is 0.261 e. The Morgan fingerprint density at radius 3 is 2.85 bits per heavy atom. The third-order valence-electron chi connectivity index (χ3n) is 4.54. The number of hydrogen-bond acceptors (Lipinski definition) is 4. The normalized spacial score (nSPS) is 15.7. The zero-order valence-corrected chi connectivity index (χ0v) is 16.0. The molecule has 0 bridgehead atoms. The second-order valence-corrected chi connectivity index (χ2v) is 8.23. The molecule has 0 saturated carbocycles. The highest BCUT2D eigenvalue weighted by atomic mass is 79.9. The highest BCUT2D eigenvalue weighted by molar-refractivity contribution is 9.10. The Balaban J connectivity index is 1.74. The summed E-state index contributed by atoms with van der Waals surface area (Å²) in [5, 5.41) is 7.20. The molecule has 7 heteroatoms. The highest BCUT2D eigenvalue weighted by Crippen LogP contribution is 2.34. The molecule has 0 saturated heterocycles. The summed E-state index contributed by atoms with van der Waals surface area (Å²) in [6, 6.07) is 7.36. The fourth-order valence-electron chi connectivity index (χ4n) is 3.35. The van der Waals surface area contributed by atoms with Gasteiger partial charge in [0.2, 0.25) is 0 Å². The first-order chi connectivity index (χ1) is 12.3. The Labute approximate surface area is 158 Å². The molecule has 1 aliphatic carbocycles. The lowest BCUT2D eigenvalue weighted by Gasteiger charge is -2.29. The number of amides is 1. The van der Waals surface area contributed by atoms with Crippen LogP contribution in [0.4, 0.5) is 5.69 Å². The van der Waals surface area contributed by atoms with Gasteiger partial charge >= 0.3 is 0 Å². The van der Waals surface area contributed by atoms with Crippen molar-refractivity contribution >= 4 is 39.0 Å². The number of carbonyl (C=O) groups excluding carboxylic acids is 2. The van der Waals surface area contributed by atoms with Crippen molar-refractivity contribution in [3.05, 3.63) is 58.0 Å². The minimum Gasteiger partial charge on any atom is -0.322 e. The second kappa shape index (κ2) is 6.02. The van der Waals surface area contributed by atoms with Crippen LogP contribution >= 0.6 is 15.9 Å². The number of ketones is 1. The minimum atomic E-state index is -0.285. The standard InChI is InChI=1S/C19H17BrN4O2/c1-19(2)7-15-13(16(25)8-19)9-21-17-14(10-22-24(15)17)18(26)23-12-5-3-4-11(20)6-12/h3-6,9-10H,7-8H2,1-2H3,(H,23,26). The molecule has 1 aliphatic rings. The third-order valence-corrected chi connectivity index (χ3v) is 5.03. The van der Waals surface area contributed by atoms with E-state index in [1.807, 2.05) is 24.3 Å². The predicted octanol–water partition coefficient (Wildman–Crippen LogP) is 3.90. The second-order valence-electron chi connectivity index (χ2n) is 7.32. The zero-order valence-electron chi connectivity index (χ0n) is 14.4. The lowest BCUT2D eigenvalue weighted by atomic mass is 9.76. The van der Waals surface area contributed by atoms with E-state index in [1.165, 1.54) is 6.20 Å².